The van der Waals surface area contributed by atoms with Crippen LogP contribution in [0.25, 0.3) is 22.2 Å². The summed E-state index contributed by atoms with van der Waals surface area (Å²) in [4.78, 5) is 40.6. The Hall–Kier alpha value is -3.46. The molecule has 0 unspecified atom stereocenters. The average molecular weight is 498 g/mol. The van der Waals surface area contributed by atoms with Crippen LogP contribution in [0.1, 0.15) is 33.6 Å². The van der Waals surface area contributed by atoms with Gasteiger partial charge in [-0.2, -0.15) is 0 Å². The number of alkyl carbamates (subject to hydrolysis) is 1. The van der Waals surface area contributed by atoms with E-state index in [4.69, 9.17) is 21.1 Å². The molecular formula is C25H28ClN5O4. The molecule has 4 rings (SSSR count). The topological polar surface area (TPSA) is 107 Å². The quantitative estimate of drug-likeness (QED) is 0.418. The van der Waals surface area contributed by atoms with Crippen LogP contribution in [0.2, 0.25) is 5.15 Å². The number of anilines is 1. The number of amides is 1. The van der Waals surface area contributed by atoms with Crippen LogP contribution in [0.3, 0.4) is 0 Å². The predicted molar refractivity (Wildman–Crippen MR) is 133 cm³/mol. The molecule has 0 atom stereocenters. The van der Waals surface area contributed by atoms with E-state index in [1.807, 2.05) is 24.3 Å². The molecule has 1 fully saturated rings. The lowest BCUT2D eigenvalue weighted by Crippen LogP contribution is -2.61. The Morgan fingerprint density at radius 2 is 1.89 bits per heavy atom. The lowest BCUT2D eigenvalue weighted by Gasteiger charge is -2.40. The molecule has 10 heteroatoms. The third-order valence-corrected chi connectivity index (χ3v) is 6.04. The summed E-state index contributed by atoms with van der Waals surface area (Å²) in [5, 5.41) is 4.01. The van der Waals surface area contributed by atoms with Crippen molar-refractivity contribution >= 4 is 40.4 Å². The lowest BCUT2D eigenvalue weighted by molar-refractivity contribution is -0.149. The van der Waals surface area contributed by atoms with Crippen LogP contribution in [0.4, 0.5) is 10.6 Å². The van der Waals surface area contributed by atoms with Crippen molar-refractivity contribution < 1.29 is 19.1 Å². The summed E-state index contributed by atoms with van der Waals surface area (Å²) in [6, 6.07) is 9.38. The second-order valence-corrected chi connectivity index (χ2v) is 9.84. The zero-order valence-corrected chi connectivity index (χ0v) is 20.9. The molecular weight excluding hydrogens is 470 g/mol. The molecule has 1 saturated heterocycles. The summed E-state index contributed by atoms with van der Waals surface area (Å²) < 4.78 is 10.4. The summed E-state index contributed by atoms with van der Waals surface area (Å²) in [6.07, 6.45) is 3.53. The van der Waals surface area contributed by atoms with Crippen molar-refractivity contribution in [2.75, 3.05) is 25.1 Å². The van der Waals surface area contributed by atoms with Gasteiger partial charge in [0.15, 0.2) is 0 Å². The molecule has 9 nitrogen and oxygen atoms in total. The number of rotatable bonds is 4. The van der Waals surface area contributed by atoms with Crippen molar-refractivity contribution in [3.05, 3.63) is 47.9 Å². The van der Waals surface area contributed by atoms with Crippen LogP contribution in [0.15, 0.2) is 42.7 Å². The van der Waals surface area contributed by atoms with E-state index in [2.05, 4.69) is 25.2 Å². The predicted octanol–water partition coefficient (Wildman–Crippen LogP) is 4.38. The fourth-order valence-electron chi connectivity index (χ4n) is 4.17. The summed E-state index contributed by atoms with van der Waals surface area (Å²) in [6.45, 7) is 6.31. The smallest absolute Gasteiger partial charge is 0.408 e. The average Bonchev–Trinajstić information content (AvgIpc) is 2.82. The molecule has 3 aromatic rings. The van der Waals surface area contributed by atoms with Crippen LogP contribution in [0.5, 0.6) is 0 Å². The monoisotopic (exact) mass is 497 g/mol. The third-order valence-electron chi connectivity index (χ3n) is 5.85. The van der Waals surface area contributed by atoms with E-state index >= 15 is 0 Å². The van der Waals surface area contributed by atoms with E-state index in [1.165, 1.54) is 7.11 Å². The first kappa shape index (κ1) is 24.7. The number of carbonyl (C=O) groups excluding carboxylic acids is 2. The Labute approximate surface area is 208 Å². The minimum atomic E-state index is -1.15. The van der Waals surface area contributed by atoms with Gasteiger partial charge in [0.05, 0.1) is 18.3 Å². The number of halogens is 1. The molecule has 0 radical (unpaired) electrons. The number of nitrogens with zero attached hydrogens (tertiary/aromatic N) is 4. The van der Waals surface area contributed by atoms with Gasteiger partial charge >= 0.3 is 12.1 Å². The number of hydrogen-bond donors (Lipinski definition) is 1. The minimum absolute atomic E-state index is 0.356. The van der Waals surface area contributed by atoms with Gasteiger partial charge in [0.2, 0.25) is 0 Å². The van der Waals surface area contributed by atoms with E-state index < -0.39 is 23.2 Å². The number of piperidine rings is 1. The Kier molecular flexibility index (Phi) is 6.80. The molecule has 0 saturated carbocycles. The van der Waals surface area contributed by atoms with Gasteiger partial charge in [-0.3, -0.25) is 4.98 Å². The van der Waals surface area contributed by atoms with E-state index in [9.17, 15) is 9.59 Å². The number of fused-ring (bicyclic) bond motifs is 1. The maximum Gasteiger partial charge on any atom is 0.408 e. The first-order valence-electron chi connectivity index (χ1n) is 11.3. The van der Waals surface area contributed by atoms with E-state index in [0.717, 1.165) is 22.3 Å². The molecule has 0 bridgehead atoms. The maximum atomic E-state index is 12.6. The molecule has 0 spiro atoms. The fourth-order valence-corrected chi connectivity index (χ4v) is 4.36. The van der Waals surface area contributed by atoms with Crippen molar-refractivity contribution in [1.82, 2.24) is 20.3 Å². The first-order valence-corrected chi connectivity index (χ1v) is 11.7. The molecule has 0 aliphatic carbocycles. The van der Waals surface area contributed by atoms with Gasteiger partial charge < -0.3 is 19.7 Å². The van der Waals surface area contributed by atoms with Gasteiger partial charge in [-0.05, 0) is 57.9 Å². The Balaban J connectivity index is 1.50. The zero-order chi connectivity index (χ0) is 25.2. The van der Waals surface area contributed by atoms with Crippen LogP contribution in [-0.2, 0) is 14.3 Å². The van der Waals surface area contributed by atoms with Crippen molar-refractivity contribution in [1.29, 1.82) is 0 Å². The molecule has 1 aliphatic rings. The number of methoxy groups -OCH3 is 1. The molecule has 1 N–H and O–H groups in total. The summed E-state index contributed by atoms with van der Waals surface area (Å²) >= 11 is 6.21. The molecule has 0 aromatic carbocycles. The number of aromatic nitrogens is 3. The van der Waals surface area contributed by atoms with Crippen LogP contribution >= 0.6 is 11.6 Å². The highest BCUT2D eigenvalue weighted by Gasteiger charge is 2.45. The highest BCUT2D eigenvalue weighted by atomic mass is 35.5. The highest BCUT2D eigenvalue weighted by molar-refractivity contribution is 6.30. The maximum absolute atomic E-state index is 12.6. The first-order chi connectivity index (χ1) is 16.6. The highest BCUT2D eigenvalue weighted by Crippen LogP contribution is 2.31. The third kappa shape index (κ3) is 5.45. The normalized spacial score (nSPS) is 15.5. The van der Waals surface area contributed by atoms with Gasteiger partial charge in [-0.15, -0.1) is 0 Å². The lowest BCUT2D eigenvalue weighted by atomic mass is 9.87. The molecule has 3 aromatic heterocycles. The largest absolute Gasteiger partial charge is 0.467 e. The van der Waals surface area contributed by atoms with Gasteiger partial charge in [-0.25, -0.2) is 19.6 Å². The summed E-state index contributed by atoms with van der Waals surface area (Å²) in [5.74, 6) is 0.271. The van der Waals surface area contributed by atoms with E-state index in [-0.39, 0.29) is 0 Å². The van der Waals surface area contributed by atoms with Crippen molar-refractivity contribution in [3.63, 3.8) is 0 Å². The van der Waals surface area contributed by atoms with Crippen LogP contribution in [-0.4, -0.2) is 58.4 Å². The van der Waals surface area contributed by atoms with Crippen LogP contribution < -0.4 is 10.2 Å². The second-order valence-electron chi connectivity index (χ2n) is 9.46. The Morgan fingerprint density at radius 3 is 2.51 bits per heavy atom. The van der Waals surface area contributed by atoms with Crippen LogP contribution in [0, 0.1) is 0 Å². The second kappa shape index (κ2) is 9.65. The SMILES string of the molecule is COC(=O)C1(NC(=O)OC(C)(C)C)CCN(c2ccc(-c3nc(Cl)cc4ncccc34)cn2)CC1. The number of hydrogen-bond acceptors (Lipinski definition) is 8. The van der Waals surface area contributed by atoms with Gasteiger partial charge in [-0.1, -0.05) is 11.6 Å². The standard InChI is InChI=1S/C25H28ClN5O4/c1-24(2,3)35-23(33)30-25(22(32)34-4)9-12-31(13-10-25)20-8-7-16(15-28-20)21-17-6-5-11-27-18(17)14-19(26)29-21/h5-8,11,14-15H,9-10,12-13H2,1-4H3,(H,30,33). The van der Waals surface area contributed by atoms with E-state index in [0.29, 0.717) is 36.8 Å². The Morgan fingerprint density at radius 1 is 1.14 bits per heavy atom. The number of carbonyl (C=O) groups is 2. The summed E-state index contributed by atoms with van der Waals surface area (Å²) in [5.41, 5.74) is 0.475. The number of ether oxygens (including phenoxy) is 2. The molecule has 184 valence electrons. The molecule has 35 heavy (non-hydrogen) atoms. The van der Waals surface area contributed by atoms with Gasteiger partial charge in [0.25, 0.3) is 0 Å². The molecule has 1 aliphatic heterocycles. The van der Waals surface area contributed by atoms with Crippen molar-refractivity contribution in [2.24, 2.45) is 0 Å². The van der Waals surface area contributed by atoms with E-state index in [1.54, 1.807) is 39.2 Å². The van der Waals surface area contributed by atoms with Crippen molar-refractivity contribution in [3.8, 4) is 11.3 Å². The fraction of sp³-hybridized carbons (Fsp3) is 0.400. The van der Waals surface area contributed by atoms with Gasteiger partial charge in [0, 0.05) is 42.5 Å². The number of pyridine rings is 3. The molecule has 4 heterocycles. The molecule has 1 amide bonds. The number of esters is 1. The summed E-state index contributed by atoms with van der Waals surface area (Å²) in [7, 11) is 1.32. The minimum Gasteiger partial charge on any atom is -0.467 e. The van der Waals surface area contributed by atoms with Gasteiger partial charge in [0.1, 0.15) is 22.1 Å². The number of nitrogens with one attached hydrogen (secondary N) is 1. The zero-order valence-electron chi connectivity index (χ0n) is 20.2. The van der Waals surface area contributed by atoms with Crippen molar-refractivity contribution in [2.45, 2.75) is 44.8 Å². The Bertz CT molecular complexity index is 1230.